The second-order valence-electron chi connectivity index (χ2n) is 7.73. The van der Waals surface area contributed by atoms with Gasteiger partial charge in [-0.25, -0.2) is 4.99 Å². The van der Waals surface area contributed by atoms with E-state index in [0.717, 1.165) is 30.1 Å². The molecule has 1 amide bonds. The van der Waals surface area contributed by atoms with Crippen molar-refractivity contribution < 1.29 is 14.3 Å². The summed E-state index contributed by atoms with van der Waals surface area (Å²) in [6, 6.07) is 14.0. The third kappa shape index (κ3) is 4.14. The quantitative estimate of drug-likeness (QED) is 0.631. The molecule has 0 atom stereocenters. The molecule has 0 aliphatic carbocycles. The molecule has 2 saturated heterocycles. The lowest BCUT2D eigenvalue weighted by atomic mass is 10.1. The first-order chi connectivity index (χ1) is 15.2. The monoisotopic (exact) mass is 435 g/mol. The molecule has 0 bridgehead atoms. The number of benzene rings is 2. The molecule has 7 heteroatoms. The average molecular weight is 436 g/mol. The van der Waals surface area contributed by atoms with Crippen LogP contribution in [0.4, 0.5) is 11.4 Å². The lowest BCUT2D eigenvalue weighted by Crippen LogP contribution is -2.29. The van der Waals surface area contributed by atoms with E-state index in [9.17, 15) is 4.79 Å². The summed E-state index contributed by atoms with van der Waals surface area (Å²) in [4.78, 5) is 22.5. The van der Waals surface area contributed by atoms with Crippen LogP contribution in [-0.4, -0.2) is 42.4 Å². The Labute approximate surface area is 186 Å². The van der Waals surface area contributed by atoms with Gasteiger partial charge >= 0.3 is 0 Å². The molecule has 2 aromatic carbocycles. The highest BCUT2D eigenvalue weighted by atomic mass is 32.2. The predicted molar refractivity (Wildman–Crippen MR) is 125 cm³/mol. The molecule has 0 aromatic heterocycles. The minimum atomic E-state index is -0.0196. The van der Waals surface area contributed by atoms with E-state index in [1.807, 2.05) is 43.3 Å². The Balaban J connectivity index is 1.36. The van der Waals surface area contributed by atoms with Gasteiger partial charge in [0.15, 0.2) is 16.7 Å². The number of piperidine rings is 1. The van der Waals surface area contributed by atoms with Crippen molar-refractivity contribution in [1.29, 1.82) is 0 Å². The maximum absolute atomic E-state index is 12.9. The molecular formula is C24H25N3O3S. The average Bonchev–Trinajstić information content (AvgIpc) is 3.39. The summed E-state index contributed by atoms with van der Waals surface area (Å²) in [6.45, 7) is 5.03. The van der Waals surface area contributed by atoms with Crippen LogP contribution >= 0.6 is 11.8 Å². The highest BCUT2D eigenvalue weighted by Crippen LogP contribution is 2.37. The van der Waals surface area contributed by atoms with Crippen molar-refractivity contribution >= 4 is 40.3 Å². The van der Waals surface area contributed by atoms with Gasteiger partial charge < -0.3 is 14.4 Å². The molecule has 0 unspecified atom stereocenters. The molecule has 6 nitrogen and oxygen atoms in total. The molecule has 5 rings (SSSR count). The third-order valence-corrected chi connectivity index (χ3v) is 6.70. The summed E-state index contributed by atoms with van der Waals surface area (Å²) in [5.41, 5.74) is 3.01. The van der Waals surface area contributed by atoms with E-state index in [1.54, 1.807) is 4.90 Å². The van der Waals surface area contributed by atoms with Crippen LogP contribution in [0.3, 0.4) is 0 Å². The molecule has 0 radical (unpaired) electrons. The molecule has 3 aliphatic rings. The first-order valence-corrected chi connectivity index (χ1v) is 11.6. The second-order valence-corrected chi connectivity index (χ2v) is 8.74. The summed E-state index contributed by atoms with van der Waals surface area (Å²) >= 11 is 1.41. The molecule has 31 heavy (non-hydrogen) atoms. The number of carbonyl (C=O) groups is 1. The minimum Gasteiger partial charge on any atom is -0.454 e. The van der Waals surface area contributed by atoms with Crippen LogP contribution in [0.5, 0.6) is 11.5 Å². The summed E-state index contributed by atoms with van der Waals surface area (Å²) < 4.78 is 10.8. The van der Waals surface area contributed by atoms with E-state index in [4.69, 9.17) is 14.5 Å². The summed E-state index contributed by atoms with van der Waals surface area (Å²) in [5, 5.41) is 0.713. The van der Waals surface area contributed by atoms with Gasteiger partial charge in [-0.3, -0.25) is 9.69 Å². The zero-order chi connectivity index (χ0) is 21.2. The van der Waals surface area contributed by atoms with Crippen LogP contribution in [-0.2, 0) is 4.79 Å². The smallest absolute Gasteiger partial charge is 0.266 e. The first-order valence-electron chi connectivity index (χ1n) is 10.8. The van der Waals surface area contributed by atoms with Gasteiger partial charge in [0.1, 0.15) is 0 Å². The van der Waals surface area contributed by atoms with E-state index in [-0.39, 0.29) is 12.7 Å². The molecule has 0 saturated carbocycles. The van der Waals surface area contributed by atoms with E-state index >= 15 is 0 Å². The highest BCUT2D eigenvalue weighted by Gasteiger charge is 2.32. The van der Waals surface area contributed by atoms with Crippen molar-refractivity contribution in [3.8, 4) is 11.5 Å². The van der Waals surface area contributed by atoms with E-state index in [1.165, 1.54) is 36.7 Å². The summed E-state index contributed by atoms with van der Waals surface area (Å²) in [6.07, 6.45) is 5.72. The number of hydrogen-bond acceptors (Lipinski definition) is 6. The van der Waals surface area contributed by atoms with Crippen molar-refractivity contribution in [2.75, 3.05) is 31.3 Å². The topological polar surface area (TPSA) is 54.4 Å². The van der Waals surface area contributed by atoms with Crippen LogP contribution in [0.2, 0.25) is 0 Å². The van der Waals surface area contributed by atoms with Crippen molar-refractivity contribution in [2.45, 2.75) is 26.2 Å². The van der Waals surface area contributed by atoms with Gasteiger partial charge in [0.05, 0.1) is 10.6 Å². The Morgan fingerprint density at radius 3 is 2.58 bits per heavy atom. The van der Waals surface area contributed by atoms with Gasteiger partial charge in [-0.15, -0.1) is 0 Å². The Morgan fingerprint density at radius 2 is 1.81 bits per heavy atom. The number of thioether (sulfide) groups is 1. The molecule has 0 spiro atoms. The highest BCUT2D eigenvalue weighted by molar-refractivity contribution is 8.18. The van der Waals surface area contributed by atoms with E-state index in [0.29, 0.717) is 22.4 Å². The zero-order valence-corrected chi connectivity index (χ0v) is 18.4. The number of aliphatic imine (C=N–C) groups is 1. The third-order valence-electron chi connectivity index (χ3n) is 5.69. The van der Waals surface area contributed by atoms with E-state index in [2.05, 4.69) is 17.0 Å². The maximum atomic E-state index is 12.9. The molecule has 3 aliphatic heterocycles. The minimum absolute atomic E-state index is 0.0196. The largest absolute Gasteiger partial charge is 0.454 e. The van der Waals surface area contributed by atoms with Gasteiger partial charge in [-0.1, -0.05) is 6.07 Å². The number of anilines is 1. The van der Waals surface area contributed by atoms with Gasteiger partial charge in [0, 0.05) is 25.3 Å². The SMILES string of the molecule is CCN1C(=O)/C(=C/c2ccc3c(c2)OCO3)SC1=Nc1ccc(N2CCCCC2)cc1. The molecule has 160 valence electrons. The Kier molecular flexibility index (Phi) is 5.59. The predicted octanol–water partition coefficient (Wildman–Crippen LogP) is 5.03. The molecule has 2 fully saturated rings. The van der Waals surface area contributed by atoms with Crippen LogP contribution in [0.1, 0.15) is 31.7 Å². The number of carbonyl (C=O) groups excluding carboxylic acids is 1. The van der Waals surface area contributed by atoms with Gasteiger partial charge in [0.25, 0.3) is 5.91 Å². The number of nitrogens with zero attached hydrogens (tertiary/aromatic N) is 3. The van der Waals surface area contributed by atoms with Crippen LogP contribution in [0, 0.1) is 0 Å². The number of hydrogen-bond donors (Lipinski definition) is 0. The Hall–Kier alpha value is -2.93. The fourth-order valence-electron chi connectivity index (χ4n) is 4.03. The van der Waals surface area contributed by atoms with Crippen LogP contribution in [0.25, 0.3) is 6.08 Å². The van der Waals surface area contributed by atoms with Crippen molar-refractivity contribution in [3.05, 3.63) is 52.9 Å². The van der Waals surface area contributed by atoms with Gasteiger partial charge in [-0.05, 0) is 86.0 Å². The molecule has 0 N–H and O–H groups in total. The van der Waals surface area contributed by atoms with Gasteiger partial charge in [0.2, 0.25) is 6.79 Å². The van der Waals surface area contributed by atoms with E-state index < -0.39 is 0 Å². The normalized spacial score (nSPS) is 20.9. The fourth-order valence-corrected chi connectivity index (χ4v) is 5.09. The lowest BCUT2D eigenvalue weighted by molar-refractivity contribution is -0.122. The number of rotatable bonds is 4. The standard InChI is InChI=1S/C24H25N3O3S/c1-2-27-23(28)22(15-17-6-11-20-21(14-17)30-16-29-20)31-24(27)25-18-7-9-19(10-8-18)26-12-4-3-5-13-26/h6-11,14-15H,2-5,12-13,16H2,1H3/b22-15-,25-24?. The first kappa shape index (κ1) is 20.0. The maximum Gasteiger partial charge on any atom is 0.266 e. The summed E-state index contributed by atoms with van der Waals surface area (Å²) in [7, 11) is 0. The number of likely N-dealkylation sites (N-methyl/N-ethyl adjacent to an activating group) is 1. The van der Waals surface area contributed by atoms with Gasteiger partial charge in [-0.2, -0.15) is 0 Å². The fraction of sp³-hybridized carbons (Fsp3) is 0.333. The van der Waals surface area contributed by atoms with Crippen molar-refractivity contribution in [1.82, 2.24) is 4.90 Å². The number of ether oxygens (including phenoxy) is 2. The molecular weight excluding hydrogens is 410 g/mol. The number of amides is 1. The lowest BCUT2D eigenvalue weighted by Gasteiger charge is -2.28. The molecule has 3 heterocycles. The van der Waals surface area contributed by atoms with Crippen LogP contribution < -0.4 is 14.4 Å². The summed E-state index contributed by atoms with van der Waals surface area (Å²) in [5.74, 6) is 1.42. The van der Waals surface area contributed by atoms with Crippen LogP contribution in [0.15, 0.2) is 52.4 Å². The number of amidine groups is 1. The van der Waals surface area contributed by atoms with Crippen molar-refractivity contribution in [3.63, 3.8) is 0 Å². The molecule has 2 aromatic rings. The zero-order valence-electron chi connectivity index (χ0n) is 17.5. The Bertz CT molecular complexity index is 1040. The van der Waals surface area contributed by atoms with Crippen molar-refractivity contribution in [2.24, 2.45) is 4.99 Å². The number of fused-ring (bicyclic) bond motifs is 1. The second kappa shape index (κ2) is 8.67. The Morgan fingerprint density at radius 1 is 1.03 bits per heavy atom.